The Morgan fingerprint density at radius 2 is 2.06 bits per heavy atom. The van der Waals surface area contributed by atoms with Crippen LogP contribution in [0.1, 0.15) is 16.8 Å². The molecule has 0 atom stereocenters. The number of aromatic amines is 2. The van der Waals surface area contributed by atoms with Gasteiger partial charge in [-0.1, -0.05) is 6.07 Å². The SMILES string of the molecule is Cc1ccc(OCc2c[nH]c(=O)[nH]2)cc1C. The minimum absolute atomic E-state index is 0.210. The first-order chi connectivity index (χ1) is 7.65. The molecule has 0 aliphatic rings. The maximum atomic E-state index is 10.8. The van der Waals surface area contributed by atoms with Gasteiger partial charge in [0.15, 0.2) is 0 Å². The summed E-state index contributed by atoms with van der Waals surface area (Å²) in [5, 5.41) is 0. The summed E-state index contributed by atoms with van der Waals surface area (Å²) in [6.07, 6.45) is 1.61. The second kappa shape index (κ2) is 4.26. The molecule has 16 heavy (non-hydrogen) atoms. The molecule has 2 rings (SSSR count). The van der Waals surface area contributed by atoms with Crippen molar-refractivity contribution in [3.05, 3.63) is 51.7 Å². The van der Waals surface area contributed by atoms with Crippen molar-refractivity contribution in [3.63, 3.8) is 0 Å². The number of H-pyrrole nitrogens is 2. The van der Waals surface area contributed by atoms with Crippen molar-refractivity contribution in [1.29, 1.82) is 0 Å². The second-order valence-corrected chi connectivity index (χ2v) is 3.80. The first-order valence-electron chi connectivity index (χ1n) is 5.12. The van der Waals surface area contributed by atoms with E-state index in [2.05, 4.69) is 16.9 Å². The molecule has 0 saturated carbocycles. The summed E-state index contributed by atoms with van der Waals surface area (Å²) in [5.74, 6) is 0.810. The standard InChI is InChI=1S/C12H14N2O2/c1-8-3-4-11(5-9(8)2)16-7-10-6-13-12(15)14-10/h3-6H,7H2,1-2H3,(H2,13,14,15). The number of imidazole rings is 1. The van der Waals surface area contributed by atoms with Crippen LogP contribution in [0.25, 0.3) is 0 Å². The van der Waals surface area contributed by atoms with Gasteiger partial charge in [-0.15, -0.1) is 0 Å². The third-order valence-electron chi connectivity index (χ3n) is 2.52. The summed E-state index contributed by atoms with van der Waals surface area (Å²) in [5.41, 5.74) is 2.96. The number of hydrogen-bond donors (Lipinski definition) is 2. The first kappa shape index (κ1) is 10.5. The van der Waals surface area contributed by atoms with Crippen molar-refractivity contribution in [3.8, 4) is 5.75 Å². The zero-order valence-electron chi connectivity index (χ0n) is 9.33. The molecule has 0 fully saturated rings. The minimum atomic E-state index is -0.210. The topological polar surface area (TPSA) is 57.9 Å². The van der Waals surface area contributed by atoms with Crippen LogP contribution < -0.4 is 10.4 Å². The predicted octanol–water partition coefficient (Wildman–Crippen LogP) is 1.90. The van der Waals surface area contributed by atoms with Crippen LogP contribution in [0.2, 0.25) is 0 Å². The van der Waals surface area contributed by atoms with Crippen LogP contribution in [-0.4, -0.2) is 9.97 Å². The van der Waals surface area contributed by atoms with Crippen molar-refractivity contribution in [2.75, 3.05) is 0 Å². The molecule has 2 N–H and O–H groups in total. The normalized spacial score (nSPS) is 10.4. The summed E-state index contributed by atoms with van der Waals surface area (Å²) < 4.78 is 5.55. The lowest BCUT2D eigenvalue weighted by molar-refractivity contribution is 0.301. The molecule has 4 heteroatoms. The number of ether oxygens (including phenoxy) is 1. The quantitative estimate of drug-likeness (QED) is 0.826. The van der Waals surface area contributed by atoms with Gasteiger partial charge in [0.05, 0.1) is 5.69 Å². The fourth-order valence-electron chi connectivity index (χ4n) is 1.41. The number of hydrogen-bond acceptors (Lipinski definition) is 2. The predicted molar refractivity (Wildman–Crippen MR) is 61.7 cm³/mol. The van der Waals surface area contributed by atoms with Crippen molar-refractivity contribution in [2.45, 2.75) is 20.5 Å². The van der Waals surface area contributed by atoms with Gasteiger partial charge in [0, 0.05) is 6.20 Å². The smallest absolute Gasteiger partial charge is 0.323 e. The van der Waals surface area contributed by atoms with E-state index >= 15 is 0 Å². The lowest BCUT2D eigenvalue weighted by Gasteiger charge is -2.06. The van der Waals surface area contributed by atoms with Crippen LogP contribution in [0, 0.1) is 13.8 Å². The Kier molecular flexibility index (Phi) is 2.81. The summed E-state index contributed by atoms with van der Waals surface area (Å²) >= 11 is 0. The zero-order valence-corrected chi connectivity index (χ0v) is 9.33. The fraction of sp³-hybridized carbons (Fsp3) is 0.250. The first-order valence-corrected chi connectivity index (χ1v) is 5.12. The maximum Gasteiger partial charge on any atom is 0.323 e. The highest BCUT2D eigenvalue weighted by atomic mass is 16.5. The monoisotopic (exact) mass is 218 g/mol. The van der Waals surface area contributed by atoms with Gasteiger partial charge in [-0.05, 0) is 37.1 Å². The molecule has 0 bridgehead atoms. The molecule has 0 aliphatic heterocycles. The number of rotatable bonds is 3. The Morgan fingerprint density at radius 3 is 2.69 bits per heavy atom. The van der Waals surface area contributed by atoms with Crippen LogP contribution in [0.3, 0.4) is 0 Å². The largest absolute Gasteiger partial charge is 0.487 e. The average Bonchev–Trinajstić information content (AvgIpc) is 2.66. The molecule has 4 nitrogen and oxygen atoms in total. The number of aromatic nitrogens is 2. The number of nitrogens with one attached hydrogen (secondary N) is 2. The lowest BCUT2D eigenvalue weighted by Crippen LogP contribution is -2.03. The van der Waals surface area contributed by atoms with E-state index in [1.807, 2.05) is 25.1 Å². The highest BCUT2D eigenvalue weighted by Gasteiger charge is 1.99. The Hall–Kier alpha value is -1.97. The highest BCUT2D eigenvalue weighted by molar-refractivity contribution is 5.33. The maximum absolute atomic E-state index is 10.8. The Balaban J connectivity index is 2.04. The molecule has 2 aromatic rings. The van der Waals surface area contributed by atoms with E-state index in [9.17, 15) is 4.79 Å². The molecular weight excluding hydrogens is 204 g/mol. The highest BCUT2D eigenvalue weighted by Crippen LogP contribution is 2.17. The summed E-state index contributed by atoms with van der Waals surface area (Å²) in [6.45, 7) is 4.46. The van der Waals surface area contributed by atoms with Crippen molar-refractivity contribution in [1.82, 2.24) is 9.97 Å². The van der Waals surface area contributed by atoms with Crippen molar-refractivity contribution >= 4 is 0 Å². The molecule has 1 aromatic heterocycles. The van der Waals surface area contributed by atoms with Gasteiger partial charge < -0.3 is 14.7 Å². The Labute approximate surface area is 93.3 Å². The average molecular weight is 218 g/mol. The third kappa shape index (κ3) is 2.34. The van der Waals surface area contributed by atoms with Crippen molar-refractivity contribution in [2.24, 2.45) is 0 Å². The Bertz CT molecular complexity index is 540. The van der Waals surface area contributed by atoms with Gasteiger partial charge in [0.2, 0.25) is 0 Å². The van der Waals surface area contributed by atoms with Crippen molar-refractivity contribution < 1.29 is 4.74 Å². The summed E-state index contributed by atoms with van der Waals surface area (Å²) in [6, 6.07) is 5.93. The minimum Gasteiger partial charge on any atom is -0.487 e. The van der Waals surface area contributed by atoms with Gasteiger partial charge in [-0.25, -0.2) is 4.79 Å². The van der Waals surface area contributed by atoms with E-state index in [0.717, 1.165) is 11.4 Å². The third-order valence-corrected chi connectivity index (χ3v) is 2.52. The molecular formula is C12H14N2O2. The number of aryl methyl sites for hydroxylation is 2. The molecule has 84 valence electrons. The molecule has 0 radical (unpaired) electrons. The number of benzene rings is 1. The molecule has 1 heterocycles. The van der Waals surface area contributed by atoms with Crippen LogP contribution in [-0.2, 0) is 6.61 Å². The molecule has 1 aromatic carbocycles. The molecule has 0 aliphatic carbocycles. The van der Waals surface area contributed by atoms with E-state index in [0.29, 0.717) is 6.61 Å². The van der Waals surface area contributed by atoms with E-state index in [4.69, 9.17) is 4.74 Å². The fourth-order valence-corrected chi connectivity index (χ4v) is 1.41. The van der Waals surface area contributed by atoms with Gasteiger partial charge in [0.1, 0.15) is 12.4 Å². The summed E-state index contributed by atoms with van der Waals surface area (Å²) in [4.78, 5) is 16.0. The van der Waals surface area contributed by atoms with Crippen LogP contribution in [0.5, 0.6) is 5.75 Å². The van der Waals surface area contributed by atoms with Crippen LogP contribution >= 0.6 is 0 Å². The van der Waals surface area contributed by atoms with E-state index in [1.54, 1.807) is 6.20 Å². The van der Waals surface area contributed by atoms with E-state index in [1.165, 1.54) is 11.1 Å². The molecule has 0 amide bonds. The van der Waals surface area contributed by atoms with E-state index in [-0.39, 0.29) is 5.69 Å². The molecule has 0 spiro atoms. The van der Waals surface area contributed by atoms with Gasteiger partial charge in [-0.3, -0.25) is 0 Å². The lowest BCUT2D eigenvalue weighted by atomic mass is 10.1. The van der Waals surface area contributed by atoms with Crippen LogP contribution in [0.15, 0.2) is 29.2 Å². The zero-order chi connectivity index (χ0) is 11.5. The molecule has 0 unspecified atom stereocenters. The molecule has 0 saturated heterocycles. The van der Waals surface area contributed by atoms with Gasteiger partial charge in [-0.2, -0.15) is 0 Å². The summed E-state index contributed by atoms with van der Waals surface area (Å²) in [7, 11) is 0. The van der Waals surface area contributed by atoms with Gasteiger partial charge >= 0.3 is 5.69 Å². The Morgan fingerprint density at radius 1 is 1.25 bits per heavy atom. The second-order valence-electron chi connectivity index (χ2n) is 3.80. The van der Waals surface area contributed by atoms with E-state index < -0.39 is 0 Å². The van der Waals surface area contributed by atoms with Crippen LogP contribution in [0.4, 0.5) is 0 Å². The van der Waals surface area contributed by atoms with Gasteiger partial charge in [0.25, 0.3) is 0 Å².